The Kier molecular flexibility index (Phi) is 3.79. The Morgan fingerprint density at radius 3 is 2.67 bits per heavy atom. The Labute approximate surface area is 115 Å². The van der Waals surface area contributed by atoms with Crippen LogP contribution in [-0.2, 0) is 6.54 Å². The number of aromatic nitrogens is 1. The predicted molar refractivity (Wildman–Crippen MR) is 77.1 cm³/mol. The SMILES string of the molecule is NC(=S)c1cccn(Cc2ccccc2Cl)c1=O. The summed E-state index contributed by atoms with van der Waals surface area (Å²) in [5.41, 5.74) is 6.52. The van der Waals surface area contributed by atoms with Gasteiger partial charge < -0.3 is 10.3 Å². The van der Waals surface area contributed by atoms with Gasteiger partial charge in [0.25, 0.3) is 5.56 Å². The summed E-state index contributed by atoms with van der Waals surface area (Å²) in [4.78, 5) is 12.2. The van der Waals surface area contributed by atoms with Crippen molar-refractivity contribution in [3.63, 3.8) is 0 Å². The highest BCUT2D eigenvalue weighted by atomic mass is 35.5. The molecule has 0 bridgehead atoms. The van der Waals surface area contributed by atoms with Gasteiger partial charge in [-0.05, 0) is 23.8 Å². The van der Waals surface area contributed by atoms with Crippen molar-refractivity contribution < 1.29 is 0 Å². The van der Waals surface area contributed by atoms with Gasteiger partial charge in [0.15, 0.2) is 0 Å². The van der Waals surface area contributed by atoms with Gasteiger partial charge in [-0.25, -0.2) is 0 Å². The average molecular weight is 279 g/mol. The van der Waals surface area contributed by atoms with E-state index in [1.807, 2.05) is 18.2 Å². The molecule has 0 radical (unpaired) electrons. The topological polar surface area (TPSA) is 48.0 Å². The molecule has 0 aliphatic carbocycles. The fraction of sp³-hybridized carbons (Fsp3) is 0.0769. The summed E-state index contributed by atoms with van der Waals surface area (Å²) in [6.07, 6.45) is 1.69. The van der Waals surface area contributed by atoms with Crippen molar-refractivity contribution in [2.75, 3.05) is 0 Å². The highest BCUT2D eigenvalue weighted by Gasteiger charge is 2.07. The molecular weight excluding hydrogens is 268 g/mol. The van der Waals surface area contributed by atoms with Crippen molar-refractivity contribution in [2.24, 2.45) is 5.73 Å². The van der Waals surface area contributed by atoms with E-state index in [2.05, 4.69) is 0 Å². The monoisotopic (exact) mass is 278 g/mol. The zero-order valence-corrected chi connectivity index (χ0v) is 11.0. The molecular formula is C13H11ClN2OS. The molecule has 0 aliphatic rings. The maximum Gasteiger partial charge on any atom is 0.261 e. The number of nitrogens with zero attached hydrogens (tertiary/aromatic N) is 1. The van der Waals surface area contributed by atoms with Crippen molar-refractivity contribution >= 4 is 28.8 Å². The van der Waals surface area contributed by atoms with Crippen LogP contribution in [-0.4, -0.2) is 9.56 Å². The smallest absolute Gasteiger partial charge is 0.261 e. The zero-order chi connectivity index (χ0) is 13.1. The molecule has 0 saturated carbocycles. The minimum absolute atomic E-state index is 0.105. The largest absolute Gasteiger partial charge is 0.389 e. The molecule has 2 N–H and O–H groups in total. The van der Waals surface area contributed by atoms with Gasteiger partial charge in [0.05, 0.1) is 12.1 Å². The fourth-order valence-corrected chi connectivity index (χ4v) is 2.01. The molecule has 0 fully saturated rings. The minimum atomic E-state index is -0.204. The number of pyridine rings is 1. The van der Waals surface area contributed by atoms with Crippen LogP contribution in [0.25, 0.3) is 0 Å². The standard InChI is InChI=1S/C13H11ClN2OS/c14-11-6-2-1-4-9(11)8-16-7-3-5-10(12(15)18)13(16)17/h1-7H,8H2,(H2,15,18). The van der Waals surface area contributed by atoms with Crippen LogP contribution >= 0.6 is 23.8 Å². The molecule has 2 aromatic rings. The zero-order valence-electron chi connectivity index (χ0n) is 9.47. The van der Waals surface area contributed by atoms with Crippen LogP contribution in [0.4, 0.5) is 0 Å². The lowest BCUT2D eigenvalue weighted by Gasteiger charge is -2.08. The van der Waals surface area contributed by atoms with Crippen molar-refractivity contribution in [2.45, 2.75) is 6.54 Å². The summed E-state index contributed by atoms with van der Waals surface area (Å²) in [6, 6.07) is 10.8. The fourth-order valence-electron chi connectivity index (χ4n) is 1.66. The van der Waals surface area contributed by atoms with E-state index in [1.54, 1.807) is 24.4 Å². The summed E-state index contributed by atoms with van der Waals surface area (Å²) in [6.45, 7) is 0.398. The number of nitrogens with two attached hydrogens (primary N) is 1. The first-order valence-electron chi connectivity index (χ1n) is 5.32. The molecule has 0 unspecified atom stereocenters. The van der Waals surface area contributed by atoms with Crippen LogP contribution in [0, 0.1) is 0 Å². The van der Waals surface area contributed by atoms with Crippen LogP contribution in [0.1, 0.15) is 11.1 Å². The van der Waals surface area contributed by atoms with E-state index in [-0.39, 0.29) is 10.5 Å². The van der Waals surface area contributed by atoms with Gasteiger partial charge >= 0.3 is 0 Å². The third-order valence-corrected chi connectivity index (χ3v) is 3.17. The van der Waals surface area contributed by atoms with Crippen molar-refractivity contribution in [1.82, 2.24) is 4.57 Å². The van der Waals surface area contributed by atoms with E-state index in [0.29, 0.717) is 17.1 Å². The molecule has 0 amide bonds. The maximum absolute atomic E-state index is 12.1. The lowest BCUT2D eigenvalue weighted by molar-refractivity contribution is 0.758. The van der Waals surface area contributed by atoms with Crippen molar-refractivity contribution in [3.05, 3.63) is 69.1 Å². The van der Waals surface area contributed by atoms with E-state index < -0.39 is 0 Å². The molecule has 1 aromatic carbocycles. The van der Waals surface area contributed by atoms with Crippen molar-refractivity contribution in [3.8, 4) is 0 Å². The first kappa shape index (κ1) is 12.8. The molecule has 3 nitrogen and oxygen atoms in total. The lowest BCUT2D eigenvalue weighted by atomic mass is 10.2. The second-order valence-corrected chi connectivity index (χ2v) is 4.66. The van der Waals surface area contributed by atoms with Crippen LogP contribution in [0.2, 0.25) is 5.02 Å². The summed E-state index contributed by atoms with van der Waals surface area (Å²) in [7, 11) is 0. The molecule has 2 rings (SSSR count). The molecule has 0 saturated heterocycles. The van der Waals surface area contributed by atoms with Crippen LogP contribution in [0.15, 0.2) is 47.4 Å². The predicted octanol–water partition coefficient (Wildman–Crippen LogP) is 2.18. The number of halogens is 1. The summed E-state index contributed by atoms with van der Waals surface area (Å²) < 4.78 is 1.54. The maximum atomic E-state index is 12.1. The number of benzene rings is 1. The van der Waals surface area contributed by atoms with Gasteiger partial charge in [-0.1, -0.05) is 42.0 Å². The first-order valence-corrected chi connectivity index (χ1v) is 6.11. The summed E-state index contributed by atoms with van der Waals surface area (Å²) in [5, 5.41) is 0.630. The van der Waals surface area contributed by atoms with Crippen molar-refractivity contribution in [1.29, 1.82) is 0 Å². The molecule has 5 heteroatoms. The van der Waals surface area contributed by atoms with Gasteiger partial charge in [-0.3, -0.25) is 4.79 Å². The van der Waals surface area contributed by atoms with Gasteiger partial charge in [-0.2, -0.15) is 0 Å². The molecule has 92 valence electrons. The number of hydrogen-bond donors (Lipinski definition) is 1. The van der Waals surface area contributed by atoms with Crippen LogP contribution in [0.5, 0.6) is 0 Å². The molecule has 1 aromatic heterocycles. The first-order chi connectivity index (χ1) is 8.59. The molecule has 18 heavy (non-hydrogen) atoms. The van der Waals surface area contributed by atoms with E-state index in [1.165, 1.54) is 4.57 Å². The van der Waals surface area contributed by atoms with Gasteiger partial charge in [0.2, 0.25) is 0 Å². The Hall–Kier alpha value is -1.65. The number of hydrogen-bond acceptors (Lipinski definition) is 2. The second kappa shape index (κ2) is 5.33. The lowest BCUT2D eigenvalue weighted by Crippen LogP contribution is -2.28. The van der Waals surface area contributed by atoms with Gasteiger partial charge in [-0.15, -0.1) is 0 Å². The summed E-state index contributed by atoms with van der Waals surface area (Å²) in [5.74, 6) is 0. The Morgan fingerprint density at radius 2 is 2.00 bits per heavy atom. The van der Waals surface area contributed by atoms with E-state index >= 15 is 0 Å². The van der Waals surface area contributed by atoms with E-state index in [0.717, 1.165) is 5.56 Å². The Balaban J connectivity index is 2.42. The number of thiocarbonyl (C=S) groups is 1. The van der Waals surface area contributed by atoms with Gasteiger partial charge in [0.1, 0.15) is 4.99 Å². The summed E-state index contributed by atoms with van der Waals surface area (Å²) >= 11 is 10.9. The highest BCUT2D eigenvalue weighted by Crippen LogP contribution is 2.15. The van der Waals surface area contributed by atoms with Crippen LogP contribution < -0.4 is 11.3 Å². The normalized spacial score (nSPS) is 10.3. The average Bonchev–Trinajstić information content (AvgIpc) is 2.34. The second-order valence-electron chi connectivity index (χ2n) is 3.81. The van der Waals surface area contributed by atoms with Crippen LogP contribution in [0.3, 0.4) is 0 Å². The quantitative estimate of drug-likeness (QED) is 0.876. The van der Waals surface area contributed by atoms with E-state index in [9.17, 15) is 4.79 Å². The number of rotatable bonds is 3. The molecule has 0 atom stereocenters. The third-order valence-electron chi connectivity index (χ3n) is 2.58. The third kappa shape index (κ3) is 2.60. The van der Waals surface area contributed by atoms with E-state index in [4.69, 9.17) is 29.6 Å². The Bertz CT molecular complexity index is 651. The Morgan fingerprint density at radius 1 is 1.28 bits per heavy atom. The highest BCUT2D eigenvalue weighted by molar-refractivity contribution is 7.80. The molecule has 0 aliphatic heterocycles. The molecule has 1 heterocycles. The minimum Gasteiger partial charge on any atom is -0.389 e. The molecule has 0 spiro atoms. The van der Waals surface area contributed by atoms with Gasteiger partial charge in [0, 0.05) is 11.2 Å².